The maximum absolute atomic E-state index is 12.6. The van der Waals surface area contributed by atoms with Gasteiger partial charge >= 0.3 is 0 Å². The van der Waals surface area contributed by atoms with Crippen molar-refractivity contribution in [1.82, 2.24) is 4.98 Å². The molecule has 1 aromatic heterocycles. The normalized spacial score (nSPS) is 13.8. The Morgan fingerprint density at radius 2 is 1.92 bits per heavy atom. The van der Waals surface area contributed by atoms with E-state index < -0.39 is 22.6 Å². The Bertz CT molecular complexity index is 910. The smallest absolute Gasteiger partial charge is 0.275 e. The first kappa shape index (κ1) is 17.2. The maximum atomic E-state index is 12.6. The lowest BCUT2D eigenvalue weighted by Crippen LogP contribution is -2.29. The number of anilines is 2. The fraction of sp³-hybridized carbons (Fsp3) is 0.176. The third-order valence-electron chi connectivity index (χ3n) is 4.02. The van der Waals surface area contributed by atoms with Gasteiger partial charge in [0.1, 0.15) is 5.82 Å². The minimum Gasteiger partial charge on any atom is -0.307 e. The molecule has 1 aliphatic rings. The van der Waals surface area contributed by atoms with Gasteiger partial charge in [-0.1, -0.05) is 6.07 Å². The molecule has 132 valence electrons. The molecule has 9 nitrogen and oxygen atoms in total. The molecule has 1 aliphatic heterocycles. The lowest BCUT2D eigenvalue weighted by molar-refractivity contribution is -0.385. The van der Waals surface area contributed by atoms with Gasteiger partial charge in [-0.05, 0) is 25.1 Å². The van der Waals surface area contributed by atoms with Gasteiger partial charge in [0.05, 0.1) is 16.2 Å². The van der Waals surface area contributed by atoms with Crippen LogP contribution in [0, 0.1) is 17.0 Å². The summed E-state index contributed by atoms with van der Waals surface area (Å²) < 4.78 is 0. The fourth-order valence-corrected chi connectivity index (χ4v) is 2.72. The maximum Gasteiger partial charge on any atom is 0.275 e. The third kappa shape index (κ3) is 3.14. The van der Waals surface area contributed by atoms with Gasteiger partial charge in [0.2, 0.25) is 11.8 Å². The van der Waals surface area contributed by atoms with E-state index in [1.54, 1.807) is 18.2 Å². The Morgan fingerprint density at radius 3 is 2.50 bits per heavy atom. The molecule has 0 spiro atoms. The van der Waals surface area contributed by atoms with Crippen molar-refractivity contribution < 1.29 is 19.3 Å². The summed E-state index contributed by atoms with van der Waals surface area (Å²) >= 11 is 0. The lowest BCUT2D eigenvalue weighted by Gasteiger charge is -2.16. The minimum atomic E-state index is -0.651. The van der Waals surface area contributed by atoms with E-state index in [9.17, 15) is 24.5 Å². The number of nitro benzene ring substituents is 1. The highest BCUT2D eigenvalue weighted by Gasteiger charge is 2.33. The van der Waals surface area contributed by atoms with Crippen LogP contribution in [-0.2, 0) is 9.59 Å². The van der Waals surface area contributed by atoms with Gasteiger partial charge in [0.15, 0.2) is 0 Å². The van der Waals surface area contributed by atoms with Crippen LogP contribution in [0.4, 0.5) is 17.2 Å². The van der Waals surface area contributed by atoms with Gasteiger partial charge in [-0.3, -0.25) is 29.4 Å². The first-order valence-corrected chi connectivity index (χ1v) is 7.75. The second-order valence-electron chi connectivity index (χ2n) is 5.69. The number of nitrogens with one attached hydrogen (secondary N) is 1. The van der Waals surface area contributed by atoms with Crippen LogP contribution < -0.4 is 10.2 Å². The van der Waals surface area contributed by atoms with Gasteiger partial charge in [-0.15, -0.1) is 0 Å². The molecule has 0 atom stereocenters. The largest absolute Gasteiger partial charge is 0.307 e. The molecule has 3 rings (SSSR count). The summed E-state index contributed by atoms with van der Waals surface area (Å²) in [5.74, 6) is -1.25. The highest BCUT2D eigenvalue weighted by Crippen LogP contribution is 2.32. The number of carbonyl (C=O) groups excluding carboxylic acids is 3. The summed E-state index contributed by atoms with van der Waals surface area (Å²) in [5, 5.41) is 13.9. The SMILES string of the molecule is Cc1c(C(=O)Nc2ccccn2)cc(N2C(=O)CCC2=O)cc1[N+](=O)[O-]. The third-order valence-corrected chi connectivity index (χ3v) is 4.02. The molecular formula is C17H14N4O5. The van der Waals surface area contributed by atoms with Crippen LogP contribution in [0.2, 0.25) is 0 Å². The van der Waals surface area contributed by atoms with Crippen LogP contribution in [0.1, 0.15) is 28.8 Å². The number of nitro groups is 1. The topological polar surface area (TPSA) is 123 Å². The number of hydrogen-bond acceptors (Lipinski definition) is 6. The van der Waals surface area contributed by atoms with Crippen molar-refractivity contribution in [2.75, 3.05) is 10.2 Å². The number of pyridine rings is 1. The molecule has 1 N–H and O–H groups in total. The van der Waals surface area contributed by atoms with Crippen molar-refractivity contribution in [3.8, 4) is 0 Å². The number of rotatable bonds is 4. The Balaban J connectivity index is 2.06. The van der Waals surface area contributed by atoms with Crippen LogP contribution in [0.15, 0.2) is 36.5 Å². The zero-order chi connectivity index (χ0) is 18.8. The molecule has 26 heavy (non-hydrogen) atoms. The quantitative estimate of drug-likeness (QED) is 0.510. The molecule has 0 bridgehead atoms. The summed E-state index contributed by atoms with van der Waals surface area (Å²) in [4.78, 5) is 52.0. The van der Waals surface area contributed by atoms with Crippen molar-refractivity contribution in [3.63, 3.8) is 0 Å². The first-order chi connectivity index (χ1) is 12.4. The zero-order valence-electron chi connectivity index (χ0n) is 13.8. The number of hydrogen-bond donors (Lipinski definition) is 1. The summed E-state index contributed by atoms with van der Waals surface area (Å²) in [6, 6.07) is 7.36. The lowest BCUT2D eigenvalue weighted by atomic mass is 10.0. The summed E-state index contributed by atoms with van der Waals surface area (Å²) in [6.07, 6.45) is 1.56. The van der Waals surface area contributed by atoms with E-state index in [1.165, 1.54) is 19.2 Å². The van der Waals surface area contributed by atoms with Crippen molar-refractivity contribution in [2.45, 2.75) is 19.8 Å². The molecule has 9 heteroatoms. The molecule has 3 amide bonds. The van der Waals surface area contributed by atoms with E-state index in [0.717, 1.165) is 11.0 Å². The number of benzene rings is 1. The molecular weight excluding hydrogens is 340 g/mol. The zero-order valence-corrected chi connectivity index (χ0v) is 13.8. The number of imide groups is 1. The second-order valence-corrected chi connectivity index (χ2v) is 5.69. The molecule has 1 aromatic carbocycles. The van der Waals surface area contributed by atoms with Gasteiger partial charge < -0.3 is 5.32 Å². The van der Waals surface area contributed by atoms with E-state index in [4.69, 9.17) is 0 Å². The Labute approximate surface area is 147 Å². The number of carbonyl (C=O) groups is 3. The monoisotopic (exact) mass is 354 g/mol. The van der Waals surface area contributed by atoms with E-state index in [1.807, 2.05) is 0 Å². The van der Waals surface area contributed by atoms with Crippen molar-refractivity contribution >= 4 is 34.9 Å². The highest BCUT2D eigenvalue weighted by molar-refractivity contribution is 6.20. The average Bonchev–Trinajstić information content (AvgIpc) is 2.94. The van der Waals surface area contributed by atoms with Crippen LogP contribution >= 0.6 is 0 Å². The van der Waals surface area contributed by atoms with E-state index in [2.05, 4.69) is 10.3 Å². The average molecular weight is 354 g/mol. The minimum absolute atomic E-state index is 0.00708. The first-order valence-electron chi connectivity index (χ1n) is 7.75. The van der Waals surface area contributed by atoms with Gasteiger partial charge in [0, 0.05) is 30.7 Å². The van der Waals surface area contributed by atoms with Crippen LogP contribution in [0.5, 0.6) is 0 Å². The van der Waals surface area contributed by atoms with Crippen LogP contribution in [0.25, 0.3) is 0 Å². The van der Waals surface area contributed by atoms with Crippen molar-refractivity contribution in [1.29, 1.82) is 0 Å². The molecule has 2 aromatic rings. The number of aromatic nitrogens is 1. The number of nitrogens with zero attached hydrogens (tertiary/aromatic N) is 3. The van der Waals surface area contributed by atoms with Gasteiger partial charge in [-0.25, -0.2) is 4.98 Å². The summed E-state index contributed by atoms with van der Waals surface area (Å²) in [6.45, 7) is 1.43. The molecule has 0 radical (unpaired) electrons. The molecule has 1 saturated heterocycles. The summed E-state index contributed by atoms with van der Waals surface area (Å²) in [5.41, 5.74) is -0.208. The fourth-order valence-electron chi connectivity index (χ4n) is 2.72. The molecule has 0 aliphatic carbocycles. The van der Waals surface area contributed by atoms with Crippen LogP contribution in [0.3, 0.4) is 0 Å². The molecule has 0 unspecified atom stereocenters. The van der Waals surface area contributed by atoms with E-state index >= 15 is 0 Å². The molecule has 2 heterocycles. The Morgan fingerprint density at radius 1 is 1.23 bits per heavy atom. The standard InChI is InChI=1S/C17H14N4O5/c1-10-12(17(24)19-14-4-2-3-7-18-14)8-11(9-13(10)21(25)26)20-15(22)5-6-16(20)23/h2-4,7-9H,5-6H2,1H3,(H,18,19,24). The van der Waals surface area contributed by atoms with Crippen LogP contribution in [-0.4, -0.2) is 27.6 Å². The van der Waals surface area contributed by atoms with Gasteiger partial charge in [0.25, 0.3) is 11.6 Å². The van der Waals surface area contributed by atoms with E-state index in [-0.39, 0.29) is 41.2 Å². The summed E-state index contributed by atoms with van der Waals surface area (Å²) in [7, 11) is 0. The highest BCUT2D eigenvalue weighted by atomic mass is 16.6. The van der Waals surface area contributed by atoms with Crippen molar-refractivity contribution in [3.05, 3.63) is 57.8 Å². The molecule has 0 saturated carbocycles. The number of amides is 3. The predicted molar refractivity (Wildman–Crippen MR) is 91.8 cm³/mol. The van der Waals surface area contributed by atoms with Gasteiger partial charge in [-0.2, -0.15) is 0 Å². The Kier molecular flexibility index (Phi) is 4.44. The van der Waals surface area contributed by atoms with Crippen molar-refractivity contribution in [2.24, 2.45) is 0 Å². The second kappa shape index (κ2) is 6.71. The predicted octanol–water partition coefficient (Wildman–Crippen LogP) is 2.20. The Hall–Kier alpha value is -3.62. The van der Waals surface area contributed by atoms with E-state index in [0.29, 0.717) is 0 Å². The molecule has 1 fully saturated rings.